The van der Waals surface area contributed by atoms with E-state index in [2.05, 4.69) is 66.8 Å². The summed E-state index contributed by atoms with van der Waals surface area (Å²) in [5, 5.41) is 9.39. The number of hydrogen-bond donors (Lipinski definition) is 4. The van der Waals surface area contributed by atoms with Crippen molar-refractivity contribution in [1.82, 2.24) is 4.98 Å². The summed E-state index contributed by atoms with van der Waals surface area (Å²) in [7, 11) is 0. The maximum Gasteiger partial charge on any atom is 0.0733 e. The molecule has 0 radical (unpaired) electrons. The molecule has 7 N–H and O–H groups in total. The molecule has 0 unspecified atom stereocenters. The third kappa shape index (κ3) is 8.03. The van der Waals surface area contributed by atoms with Crippen molar-refractivity contribution in [2.75, 3.05) is 17.2 Å². The van der Waals surface area contributed by atoms with E-state index in [1.54, 1.807) is 6.07 Å². The van der Waals surface area contributed by atoms with E-state index in [0.717, 1.165) is 64.9 Å². The van der Waals surface area contributed by atoms with Crippen molar-refractivity contribution >= 4 is 40.4 Å². The molecule has 6 rings (SSSR count). The Hall–Kier alpha value is -6.20. The second kappa shape index (κ2) is 15.6. The van der Waals surface area contributed by atoms with Gasteiger partial charge in [0.15, 0.2) is 0 Å². The first-order valence-electron chi connectivity index (χ1n) is 16.6. The second-order valence-corrected chi connectivity index (χ2v) is 12.0. The predicted octanol–water partition coefficient (Wildman–Crippen LogP) is 9.97. The van der Waals surface area contributed by atoms with Crippen molar-refractivity contribution in [2.45, 2.75) is 25.7 Å². The van der Waals surface area contributed by atoms with Crippen LogP contribution in [-0.4, -0.2) is 4.98 Å². The largest absolute Gasteiger partial charge is 0.399 e. The molecule has 1 aromatic heterocycles. The van der Waals surface area contributed by atoms with Gasteiger partial charge in [0.2, 0.25) is 0 Å². The van der Waals surface area contributed by atoms with E-state index >= 15 is 0 Å². The number of benzene rings is 2. The van der Waals surface area contributed by atoms with Crippen LogP contribution in [0.15, 0.2) is 146 Å². The Morgan fingerprint density at radius 1 is 0.510 bits per heavy atom. The fourth-order valence-corrected chi connectivity index (χ4v) is 6.15. The first kappa shape index (κ1) is 32.7. The monoisotopic (exact) mass is 639 g/mol. The lowest BCUT2D eigenvalue weighted by atomic mass is 9.95. The average molecular weight is 640 g/mol. The minimum absolute atomic E-state index is 0.280. The molecule has 3 aliphatic rings. The molecule has 0 fully saturated rings. The molecule has 3 aromatic rings. The lowest BCUT2D eigenvalue weighted by molar-refractivity contribution is 1.05. The maximum absolute atomic E-state index is 9.11. The Morgan fingerprint density at radius 3 is 1.73 bits per heavy atom. The van der Waals surface area contributed by atoms with Crippen molar-refractivity contribution < 1.29 is 0 Å². The first-order chi connectivity index (χ1) is 24.0. The molecule has 242 valence electrons. The van der Waals surface area contributed by atoms with Gasteiger partial charge in [-0.15, -0.1) is 0 Å². The van der Waals surface area contributed by atoms with Crippen LogP contribution in [0.2, 0.25) is 0 Å². The summed E-state index contributed by atoms with van der Waals surface area (Å²) in [6, 6.07) is 35.1. The van der Waals surface area contributed by atoms with Gasteiger partial charge in [0, 0.05) is 33.8 Å². The third-order valence-corrected chi connectivity index (χ3v) is 8.65. The van der Waals surface area contributed by atoms with Gasteiger partial charge in [-0.05, 0) is 96.0 Å². The number of rotatable bonds is 4. The average Bonchev–Trinajstić information content (AvgIpc) is 3.60. The Bertz CT molecular complexity index is 2150. The van der Waals surface area contributed by atoms with Gasteiger partial charge in [0.1, 0.15) is 0 Å². The van der Waals surface area contributed by atoms with Crippen LogP contribution in [0.4, 0.5) is 17.1 Å². The van der Waals surface area contributed by atoms with Crippen molar-refractivity contribution in [3.05, 3.63) is 174 Å². The molecule has 49 heavy (non-hydrogen) atoms. The van der Waals surface area contributed by atoms with Gasteiger partial charge in [-0.2, -0.15) is 0 Å². The molecule has 0 spiro atoms. The molecule has 5 heteroatoms. The molecule has 1 aliphatic heterocycles. The van der Waals surface area contributed by atoms with Crippen LogP contribution in [-0.2, 0) is 0 Å². The smallest absolute Gasteiger partial charge is 0.0733 e. The first-order valence-corrected chi connectivity index (χ1v) is 16.6. The third-order valence-electron chi connectivity index (χ3n) is 8.65. The zero-order chi connectivity index (χ0) is 34.0. The molecule has 0 saturated carbocycles. The van der Waals surface area contributed by atoms with E-state index in [9.17, 15) is 0 Å². The van der Waals surface area contributed by atoms with Crippen LogP contribution in [0.3, 0.4) is 0 Å². The van der Waals surface area contributed by atoms with Gasteiger partial charge in [0.25, 0.3) is 0 Å². The predicted molar refractivity (Wildman–Crippen MR) is 209 cm³/mol. The summed E-state index contributed by atoms with van der Waals surface area (Å²) in [5.41, 5.74) is 30.9. The van der Waals surface area contributed by atoms with Crippen LogP contribution < -0.4 is 22.6 Å². The van der Waals surface area contributed by atoms with E-state index < -0.39 is 0 Å². The highest BCUT2D eigenvalue weighted by molar-refractivity contribution is 5.88. The van der Waals surface area contributed by atoms with Crippen molar-refractivity contribution in [3.63, 3.8) is 0 Å². The van der Waals surface area contributed by atoms with Gasteiger partial charge < -0.3 is 22.6 Å². The highest BCUT2D eigenvalue weighted by Crippen LogP contribution is 2.34. The van der Waals surface area contributed by atoms with Crippen LogP contribution in [0.25, 0.3) is 45.6 Å². The molecule has 0 amide bonds. The van der Waals surface area contributed by atoms with Crippen LogP contribution >= 0.6 is 0 Å². The molecular weight excluding hydrogens is 599 g/mol. The van der Waals surface area contributed by atoms with Gasteiger partial charge in [-0.25, -0.2) is 4.98 Å². The number of nitrogens with zero attached hydrogens (tertiary/aromatic N) is 1. The molecule has 0 saturated heterocycles. The summed E-state index contributed by atoms with van der Waals surface area (Å²) < 4.78 is 0. The minimum atomic E-state index is 0.280. The highest BCUT2D eigenvalue weighted by atomic mass is 14.7. The number of nitrogens with one attached hydrogen (secondary N) is 1. The maximum atomic E-state index is 9.11. The molecule has 2 heterocycles. The fourth-order valence-electron chi connectivity index (χ4n) is 6.15. The van der Waals surface area contributed by atoms with Crippen LogP contribution in [0, 0.1) is 5.41 Å². The number of aromatic nitrogens is 1. The van der Waals surface area contributed by atoms with E-state index in [4.69, 9.17) is 27.6 Å². The molecule has 2 aromatic carbocycles. The lowest BCUT2D eigenvalue weighted by Crippen LogP contribution is -2.04. The van der Waals surface area contributed by atoms with E-state index in [-0.39, 0.29) is 5.36 Å². The summed E-state index contributed by atoms with van der Waals surface area (Å²) in [5.74, 6) is 0. The molecule has 5 nitrogen and oxygen atoms in total. The number of allylic oxidation sites excluding steroid dienone is 8. The van der Waals surface area contributed by atoms with E-state index in [0.29, 0.717) is 22.6 Å². The summed E-state index contributed by atoms with van der Waals surface area (Å²) >= 11 is 0. The van der Waals surface area contributed by atoms with Crippen molar-refractivity contribution in [3.8, 4) is 22.3 Å². The van der Waals surface area contributed by atoms with Gasteiger partial charge in [-0.1, -0.05) is 115 Å². The lowest BCUT2D eigenvalue weighted by Gasteiger charge is -2.12. The Morgan fingerprint density at radius 2 is 1.08 bits per heavy atom. The molecular formula is C44H41N5. The quantitative estimate of drug-likeness (QED) is 0.166. The fraction of sp³-hybridized carbons (Fsp3) is 0.0909. The van der Waals surface area contributed by atoms with Crippen molar-refractivity contribution in [2.24, 2.45) is 0 Å². The number of anilines is 3. The summed E-state index contributed by atoms with van der Waals surface area (Å²) in [6.45, 7) is 0. The number of nitrogens with two attached hydrogens (primary N) is 3. The zero-order valence-electron chi connectivity index (χ0n) is 27.5. The Balaban J connectivity index is 1.69. The number of hydrogen-bond acceptors (Lipinski definition) is 5. The highest BCUT2D eigenvalue weighted by Gasteiger charge is 2.16. The molecule has 0 atom stereocenters. The second-order valence-electron chi connectivity index (χ2n) is 12.0. The minimum Gasteiger partial charge on any atom is -0.399 e. The topological polar surface area (TPSA) is 115 Å². The van der Waals surface area contributed by atoms with Crippen LogP contribution in [0.1, 0.15) is 48.2 Å². The van der Waals surface area contributed by atoms with Gasteiger partial charge in [0.05, 0.1) is 16.7 Å². The normalized spacial score (nSPS) is 13.7. The van der Waals surface area contributed by atoms with Crippen LogP contribution in [0.5, 0.6) is 0 Å². The SMILES string of the molecule is N=c1cccc(-c2ccccc2)cccc(N)c(C2=CC=CCC2)c2nc(c(C3=CC=CCC3)cccc(N)c1-c1ccc(N)cc1)C=C2. The van der Waals surface area contributed by atoms with Crippen molar-refractivity contribution in [1.29, 1.82) is 5.41 Å². The summed E-state index contributed by atoms with van der Waals surface area (Å²) in [4.78, 5) is 5.19. The zero-order valence-corrected chi connectivity index (χ0v) is 27.5. The molecule has 2 bridgehead atoms. The van der Waals surface area contributed by atoms with E-state index in [1.807, 2.05) is 84.9 Å². The Labute approximate surface area is 288 Å². The van der Waals surface area contributed by atoms with E-state index in [1.165, 1.54) is 11.1 Å². The standard InChI is InChI=1S/C44H41N5/c45-36-27-25-35(26-28-36)43-38(46)22-10-19-32(31-13-4-1-5-14-31)20-11-23-40(48)44(34-17-8-3-9-18-34)42-30-29-41(49-42)37(21-12-24-39(43)47)33-15-6-2-7-16-33/h1-6,8,10-15,17,19-30,46H,7,9,16,18,45,47-48H2. The number of fused-ring (bicyclic) bond motifs is 2. The summed E-state index contributed by atoms with van der Waals surface area (Å²) in [6.07, 6.45) is 20.7. The van der Waals surface area contributed by atoms with Gasteiger partial charge in [-0.3, -0.25) is 0 Å². The molecule has 2 aliphatic carbocycles. The van der Waals surface area contributed by atoms with Gasteiger partial charge >= 0.3 is 0 Å². The Kier molecular flexibility index (Phi) is 10.4. The number of nitrogen functional groups attached to an aromatic ring is 3.